The Labute approximate surface area is 112 Å². The number of rotatable bonds is 0. The molecular formula is CH7Cl5NNaO2. The van der Waals surface area contributed by atoms with Crippen LogP contribution in [0.1, 0.15) is 0 Å². The summed E-state index contributed by atoms with van der Waals surface area (Å²) in [5.41, 5.74) is 3.92. The molecule has 0 bridgehead atoms. The van der Waals surface area contributed by atoms with Crippen LogP contribution in [0.2, 0.25) is 0 Å². The monoisotopic (exact) mass is 263 g/mol. The van der Waals surface area contributed by atoms with Crippen molar-refractivity contribution < 1.29 is 39.5 Å². The minimum atomic E-state index is -1.58. The number of halogens is 5. The molecule has 0 saturated heterocycles. The largest absolute Gasteiger partial charge is 1.00 e. The van der Waals surface area contributed by atoms with Crippen molar-refractivity contribution in [2.75, 3.05) is 0 Å². The number of primary amides is 1. The molecule has 9 heteroatoms. The Morgan fingerprint density at radius 3 is 1.00 bits per heavy atom. The third-order valence-electron chi connectivity index (χ3n) is 0. The molecule has 0 aromatic heterocycles. The van der Waals surface area contributed by atoms with Crippen molar-refractivity contribution in [2.24, 2.45) is 5.73 Å². The van der Waals surface area contributed by atoms with Crippen LogP contribution in [-0.4, -0.2) is 6.09 Å². The molecule has 0 saturated carbocycles. The maximum Gasteiger partial charge on any atom is 1.00 e. The van der Waals surface area contributed by atoms with Gasteiger partial charge in [-0.05, 0) is 0 Å². The van der Waals surface area contributed by atoms with Gasteiger partial charge in [0.25, 0.3) is 0 Å². The van der Waals surface area contributed by atoms with Gasteiger partial charge in [0.05, 0.1) is 0 Å². The second-order valence-corrected chi connectivity index (χ2v) is 0.319. The molecule has 0 unspecified atom stereocenters. The summed E-state index contributed by atoms with van der Waals surface area (Å²) >= 11 is 0. The van der Waals surface area contributed by atoms with E-state index in [1.807, 2.05) is 0 Å². The Hall–Kier alpha value is 1.72. The van der Waals surface area contributed by atoms with Crippen molar-refractivity contribution >= 4 is 68.1 Å². The van der Waals surface area contributed by atoms with Gasteiger partial charge in [-0.1, -0.05) is 0 Å². The zero-order chi connectivity index (χ0) is 3.58. The minimum Gasteiger partial charge on any atom is -0.530 e. The fourth-order valence-corrected chi connectivity index (χ4v) is 0. The average Bonchev–Trinajstić information content (AvgIpc) is 0.811. The molecule has 0 rings (SSSR count). The summed E-state index contributed by atoms with van der Waals surface area (Å²) in [4.78, 5) is 8.67. The van der Waals surface area contributed by atoms with E-state index in [4.69, 9.17) is 9.90 Å². The van der Waals surface area contributed by atoms with E-state index in [9.17, 15) is 0 Å². The molecule has 2 N–H and O–H groups in total. The molecule has 0 radical (unpaired) electrons. The first-order valence-electron chi connectivity index (χ1n) is 0.697. The topological polar surface area (TPSA) is 66.2 Å². The summed E-state index contributed by atoms with van der Waals surface area (Å²) in [6.07, 6.45) is -1.58. The van der Waals surface area contributed by atoms with Gasteiger partial charge in [0.15, 0.2) is 0 Å². The summed E-state index contributed by atoms with van der Waals surface area (Å²) in [5, 5.41) is 8.67. The van der Waals surface area contributed by atoms with E-state index >= 15 is 0 Å². The first kappa shape index (κ1) is 60.5. The maximum absolute atomic E-state index is 8.67. The minimum absolute atomic E-state index is 0. The van der Waals surface area contributed by atoms with E-state index in [-0.39, 0.29) is 91.6 Å². The van der Waals surface area contributed by atoms with Crippen LogP contribution in [0, 0.1) is 0 Å². The Balaban J connectivity index is -0.00000000300. The predicted octanol–water partition coefficient (Wildman–Crippen LogP) is -2.60. The summed E-state index contributed by atoms with van der Waals surface area (Å²) in [6.45, 7) is 0. The number of carbonyl (C=O) groups is 1. The van der Waals surface area contributed by atoms with Gasteiger partial charge >= 0.3 is 29.6 Å². The first-order valence-corrected chi connectivity index (χ1v) is 0.697. The van der Waals surface area contributed by atoms with Crippen molar-refractivity contribution in [3.8, 4) is 0 Å². The first-order chi connectivity index (χ1) is 1.73. The van der Waals surface area contributed by atoms with Crippen LogP contribution in [0.25, 0.3) is 0 Å². The van der Waals surface area contributed by atoms with Crippen molar-refractivity contribution in [1.82, 2.24) is 0 Å². The number of hydrogen-bond acceptors (Lipinski definition) is 2. The van der Waals surface area contributed by atoms with Crippen LogP contribution >= 0.6 is 62.0 Å². The average molecular weight is 265 g/mol. The Kier molecular flexibility index (Phi) is 275. The fourth-order valence-electron chi connectivity index (χ4n) is 0. The van der Waals surface area contributed by atoms with Gasteiger partial charge in [0, 0.05) is 0 Å². The number of amides is 1. The van der Waals surface area contributed by atoms with Crippen LogP contribution in [0.3, 0.4) is 0 Å². The number of carboxylic acid groups (broad SMARTS) is 1. The second kappa shape index (κ2) is 45.5. The molecule has 0 heterocycles. The maximum atomic E-state index is 8.67. The second-order valence-electron chi connectivity index (χ2n) is 0.319. The molecule has 64 valence electrons. The van der Waals surface area contributed by atoms with Crippen molar-refractivity contribution in [3.63, 3.8) is 0 Å². The van der Waals surface area contributed by atoms with Crippen molar-refractivity contribution in [3.05, 3.63) is 0 Å². The number of carbonyl (C=O) groups excluding carboxylic acids is 1. The van der Waals surface area contributed by atoms with Gasteiger partial charge in [-0.25, -0.2) is 0 Å². The molecule has 10 heavy (non-hydrogen) atoms. The summed E-state index contributed by atoms with van der Waals surface area (Å²) in [5.74, 6) is 0. The fraction of sp³-hybridized carbons (Fsp3) is 0. The molecule has 0 aliphatic heterocycles. The van der Waals surface area contributed by atoms with E-state index in [2.05, 4.69) is 5.73 Å². The van der Waals surface area contributed by atoms with Crippen LogP contribution in [-0.2, 0) is 0 Å². The van der Waals surface area contributed by atoms with Gasteiger partial charge < -0.3 is 15.6 Å². The van der Waals surface area contributed by atoms with Gasteiger partial charge in [-0.2, -0.15) is 0 Å². The zero-order valence-corrected chi connectivity index (χ0v) is 11.0. The quantitative estimate of drug-likeness (QED) is 0.488. The normalized spacial score (nSPS) is 2.40. The van der Waals surface area contributed by atoms with E-state index in [1.165, 1.54) is 0 Å². The third-order valence-corrected chi connectivity index (χ3v) is 0. The van der Waals surface area contributed by atoms with Crippen LogP contribution in [0.15, 0.2) is 0 Å². The van der Waals surface area contributed by atoms with E-state index in [0.717, 1.165) is 0 Å². The Morgan fingerprint density at radius 2 is 1.00 bits per heavy atom. The Bertz CT molecular complexity index is 42.6. The molecule has 0 aliphatic carbocycles. The van der Waals surface area contributed by atoms with Crippen LogP contribution < -0.4 is 40.4 Å². The van der Waals surface area contributed by atoms with Gasteiger partial charge in [0.2, 0.25) is 0 Å². The molecule has 0 atom stereocenters. The van der Waals surface area contributed by atoms with Gasteiger partial charge in [-0.3, -0.25) is 0 Å². The summed E-state index contributed by atoms with van der Waals surface area (Å²) < 4.78 is 0. The van der Waals surface area contributed by atoms with Crippen molar-refractivity contribution in [1.29, 1.82) is 0 Å². The molecule has 0 fully saturated rings. The molecule has 0 spiro atoms. The van der Waals surface area contributed by atoms with Gasteiger partial charge in [-0.15, -0.1) is 62.0 Å². The van der Waals surface area contributed by atoms with E-state index in [1.54, 1.807) is 0 Å². The summed E-state index contributed by atoms with van der Waals surface area (Å²) in [6, 6.07) is 0. The van der Waals surface area contributed by atoms with Gasteiger partial charge in [0.1, 0.15) is 6.09 Å². The summed E-state index contributed by atoms with van der Waals surface area (Å²) in [7, 11) is 0. The molecule has 3 nitrogen and oxygen atoms in total. The molecule has 0 aliphatic rings. The van der Waals surface area contributed by atoms with Crippen LogP contribution in [0.5, 0.6) is 0 Å². The van der Waals surface area contributed by atoms with E-state index in [0.29, 0.717) is 0 Å². The predicted molar refractivity (Wildman–Crippen MR) is 45.8 cm³/mol. The zero-order valence-electron chi connectivity index (χ0n) is 4.94. The van der Waals surface area contributed by atoms with Crippen molar-refractivity contribution in [2.45, 2.75) is 0 Å². The molecular weight excluding hydrogens is 258 g/mol. The Morgan fingerprint density at radius 1 is 1.00 bits per heavy atom. The number of hydrogen-bond donors (Lipinski definition) is 1. The SMILES string of the molecule is Cl.Cl.Cl.Cl.Cl.NC(=O)[O-].[Na+]. The number of nitrogens with two attached hydrogens (primary N) is 1. The van der Waals surface area contributed by atoms with E-state index < -0.39 is 6.09 Å². The smallest absolute Gasteiger partial charge is 0.530 e. The molecule has 0 aromatic carbocycles. The van der Waals surface area contributed by atoms with Crippen LogP contribution in [0.4, 0.5) is 4.79 Å². The molecule has 1 amide bonds. The standard InChI is InChI=1S/CH3NO2.5ClH.Na/c2-1(3)4;;;;;;/h2H2,(H,3,4);5*1H;/q;;;;;;+1/p-1. The molecule has 0 aromatic rings. The third kappa shape index (κ3) is 250.